The third-order valence-corrected chi connectivity index (χ3v) is 2.99. The third kappa shape index (κ3) is 2.85. The average Bonchev–Trinajstić information content (AvgIpc) is 2.26. The lowest BCUT2D eigenvalue weighted by Gasteiger charge is -2.10. The number of carbonyl (C=O) groups excluding carboxylic acids is 1. The smallest absolute Gasteiger partial charge is 0.235 e. The first-order valence-electron chi connectivity index (χ1n) is 4.48. The first-order chi connectivity index (χ1) is 7.22. The van der Waals surface area contributed by atoms with Gasteiger partial charge in [0.1, 0.15) is 5.75 Å². The van der Waals surface area contributed by atoms with Crippen molar-refractivity contribution in [3.05, 3.63) is 23.3 Å². The number of rotatable bonds is 4. The molecule has 3 nitrogen and oxygen atoms in total. The fraction of sp³-hybridized carbons (Fsp3) is 0.364. The summed E-state index contributed by atoms with van der Waals surface area (Å²) in [6.07, 6.45) is 3.55. The molecule has 0 bridgehead atoms. The van der Waals surface area contributed by atoms with Gasteiger partial charge in [-0.3, -0.25) is 0 Å². The highest BCUT2D eigenvalue weighted by molar-refractivity contribution is 7.98. The molecule has 1 aromatic carbocycles. The molecule has 4 heteroatoms. The van der Waals surface area contributed by atoms with Crippen LogP contribution in [0.15, 0.2) is 22.0 Å². The Hall–Kier alpha value is -1.25. The topological polar surface area (TPSA) is 38.7 Å². The van der Waals surface area contributed by atoms with Gasteiger partial charge in [-0.05, 0) is 30.9 Å². The predicted molar refractivity (Wildman–Crippen MR) is 61.3 cm³/mol. The van der Waals surface area contributed by atoms with E-state index in [1.165, 1.54) is 11.0 Å². The highest BCUT2D eigenvalue weighted by Crippen LogP contribution is 2.29. The van der Waals surface area contributed by atoms with Crippen LogP contribution in [0.1, 0.15) is 11.1 Å². The molecule has 0 aliphatic heterocycles. The summed E-state index contributed by atoms with van der Waals surface area (Å²) in [6.45, 7) is 2.35. The van der Waals surface area contributed by atoms with Crippen LogP contribution in [-0.2, 0) is 11.3 Å². The van der Waals surface area contributed by atoms with Gasteiger partial charge < -0.3 is 4.74 Å². The molecule has 1 aromatic rings. The number of aryl methyl sites for hydroxylation is 1. The van der Waals surface area contributed by atoms with Crippen molar-refractivity contribution >= 4 is 17.8 Å². The van der Waals surface area contributed by atoms with Crippen molar-refractivity contribution in [3.8, 4) is 5.75 Å². The number of thioether (sulfide) groups is 1. The standard InChI is InChI=1S/C11H13NO2S/c1-8-4-10(14-2)9(6-12-7-13)5-11(8)15-3/h4-5H,6H2,1-3H3. The van der Waals surface area contributed by atoms with Crippen molar-refractivity contribution in [1.29, 1.82) is 0 Å². The van der Waals surface area contributed by atoms with E-state index in [0.29, 0.717) is 6.54 Å². The Bertz CT molecular complexity index is 398. The molecule has 0 spiro atoms. The van der Waals surface area contributed by atoms with Crippen LogP contribution in [0.25, 0.3) is 0 Å². The van der Waals surface area contributed by atoms with E-state index in [4.69, 9.17) is 4.74 Å². The Morgan fingerprint density at radius 3 is 2.80 bits per heavy atom. The number of nitrogens with zero attached hydrogens (tertiary/aromatic N) is 1. The van der Waals surface area contributed by atoms with Crippen LogP contribution in [0, 0.1) is 6.92 Å². The predicted octanol–water partition coefficient (Wildman–Crippen LogP) is 2.56. The van der Waals surface area contributed by atoms with Crippen LogP contribution >= 0.6 is 11.8 Å². The molecule has 0 atom stereocenters. The first-order valence-corrected chi connectivity index (χ1v) is 5.70. The lowest BCUT2D eigenvalue weighted by atomic mass is 10.1. The Kier molecular flexibility index (Phi) is 4.40. The average molecular weight is 223 g/mol. The SMILES string of the molecule is COc1cc(C)c(SC)cc1CN=C=O. The largest absolute Gasteiger partial charge is 0.496 e. The highest BCUT2D eigenvalue weighted by Gasteiger charge is 2.06. The van der Waals surface area contributed by atoms with Gasteiger partial charge in [0.15, 0.2) is 0 Å². The van der Waals surface area contributed by atoms with Gasteiger partial charge in [-0.25, -0.2) is 9.79 Å². The van der Waals surface area contributed by atoms with Crippen LogP contribution < -0.4 is 4.74 Å². The van der Waals surface area contributed by atoms with E-state index in [0.717, 1.165) is 16.9 Å². The van der Waals surface area contributed by atoms with Gasteiger partial charge in [0.2, 0.25) is 6.08 Å². The number of hydrogen-bond donors (Lipinski definition) is 0. The van der Waals surface area contributed by atoms with E-state index in [9.17, 15) is 4.79 Å². The molecular formula is C11H13NO2S. The summed E-state index contributed by atoms with van der Waals surface area (Å²) in [7, 11) is 1.61. The quantitative estimate of drug-likeness (QED) is 0.447. The number of methoxy groups -OCH3 is 1. The summed E-state index contributed by atoms with van der Waals surface area (Å²) in [6, 6.07) is 3.96. The van der Waals surface area contributed by atoms with E-state index in [1.807, 2.05) is 25.3 Å². The molecule has 0 radical (unpaired) electrons. The maximum Gasteiger partial charge on any atom is 0.235 e. The van der Waals surface area contributed by atoms with Gasteiger partial charge in [0.05, 0.1) is 13.7 Å². The molecule has 0 aliphatic rings. The molecule has 0 unspecified atom stereocenters. The minimum atomic E-state index is 0.320. The van der Waals surface area contributed by atoms with E-state index in [2.05, 4.69) is 4.99 Å². The minimum Gasteiger partial charge on any atom is -0.496 e. The second kappa shape index (κ2) is 5.59. The van der Waals surface area contributed by atoms with Crippen molar-refractivity contribution in [2.75, 3.05) is 13.4 Å². The van der Waals surface area contributed by atoms with Crippen LogP contribution in [0.5, 0.6) is 5.75 Å². The number of aliphatic imine (C=N–C) groups is 1. The highest BCUT2D eigenvalue weighted by atomic mass is 32.2. The molecule has 1 rings (SSSR count). The summed E-state index contributed by atoms with van der Waals surface area (Å²) in [5.41, 5.74) is 2.08. The number of benzene rings is 1. The van der Waals surface area contributed by atoms with Gasteiger partial charge in [0, 0.05) is 10.5 Å². The Balaban J connectivity index is 3.15. The summed E-state index contributed by atoms with van der Waals surface area (Å²) in [4.78, 5) is 14.8. The summed E-state index contributed by atoms with van der Waals surface area (Å²) in [5.74, 6) is 0.768. The summed E-state index contributed by atoms with van der Waals surface area (Å²) in [5, 5.41) is 0. The summed E-state index contributed by atoms with van der Waals surface area (Å²) >= 11 is 1.67. The van der Waals surface area contributed by atoms with Gasteiger partial charge in [0.25, 0.3) is 0 Å². The number of hydrogen-bond acceptors (Lipinski definition) is 4. The van der Waals surface area contributed by atoms with Crippen LogP contribution in [0.3, 0.4) is 0 Å². The number of isocyanates is 1. The summed E-state index contributed by atoms with van der Waals surface area (Å²) < 4.78 is 5.22. The molecule has 0 aromatic heterocycles. The van der Waals surface area contributed by atoms with E-state index in [1.54, 1.807) is 18.9 Å². The lowest BCUT2D eigenvalue weighted by molar-refractivity contribution is 0.409. The molecule has 0 fully saturated rings. The van der Waals surface area contributed by atoms with Gasteiger partial charge >= 0.3 is 0 Å². The molecular weight excluding hydrogens is 210 g/mol. The lowest BCUT2D eigenvalue weighted by Crippen LogP contribution is -1.93. The van der Waals surface area contributed by atoms with Crippen molar-refractivity contribution in [2.24, 2.45) is 4.99 Å². The molecule has 0 aliphatic carbocycles. The minimum absolute atomic E-state index is 0.320. The monoisotopic (exact) mass is 223 g/mol. The second-order valence-corrected chi connectivity index (χ2v) is 3.89. The van der Waals surface area contributed by atoms with E-state index in [-0.39, 0.29) is 0 Å². The second-order valence-electron chi connectivity index (χ2n) is 3.04. The van der Waals surface area contributed by atoms with Crippen LogP contribution in [0.4, 0.5) is 0 Å². The molecule has 80 valence electrons. The zero-order chi connectivity index (χ0) is 11.3. The first kappa shape index (κ1) is 11.8. The van der Waals surface area contributed by atoms with Crippen LogP contribution in [0.2, 0.25) is 0 Å². The zero-order valence-corrected chi connectivity index (χ0v) is 9.85. The van der Waals surface area contributed by atoms with E-state index >= 15 is 0 Å². The molecule has 0 N–H and O–H groups in total. The van der Waals surface area contributed by atoms with Crippen molar-refractivity contribution < 1.29 is 9.53 Å². The zero-order valence-electron chi connectivity index (χ0n) is 9.03. The van der Waals surface area contributed by atoms with E-state index < -0.39 is 0 Å². The molecule has 0 saturated carbocycles. The molecule has 0 saturated heterocycles. The fourth-order valence-corrected chi connectivity index (χ4v) is 2.00. The van der Waals surface area contributed by atoms with Gasteiger partial charge in [-0.1, -0.05) is 0 Å². The normalized spacial score (nSPS) is 9.53. The Labute approximate surface area is 93.5 Å². The molecule has 15 heavy (non-hydrogen) atoms. The maximum absolute atomic E-state index is 10.1. The fourth-order valence-electron chi connectivity index (χ4n) is 1.35. The van der Waals surface area contributed by atoms with Crippen molar-refractivity contribution in [2.45, 2.75) is 18.4 Å². The number of ether oxygens (including phenoxy) is 1. The van der Waals surface area contributed by atoms with Crippen molar-refractivity contribution in [3.63, 3.8) is 0 Å². The maximum atomic E-state index is 10.1. The van der Waals surface area contributed by atoms with Gasteiger partial charge in [-0.15, -0.1) is 11.8 Å². The Morgan fingerprint density at radius 2 is 2.27 bits per heavy atom. The Morgan fingerprint density at radius 1 is 1.53 bits per heavy atom. The van der Waals surface area contributed by atoms with Gasteiger partial charge in [-0.2, -0.15) is 0 Å². The molecule has 0 amide bonds. The van der Waals surface area contributed by atoms with Crippen LogP contribution in [-0.4, -0.2) is 19.4 Å². The molecule has 0 heterocycles. The third-order valence-electron chi connectivity index (χ3n) is 2.11. The van der Waals surface area contributed by atoms with Crippen molar-refractivity contribution in [1.82, 2.24) is 0 Å².